The highest BCUT2D eigenvalue weighted by Gasteiger charge is 2.43. The standard InChI is InChI=1S/C28H35O5P/c1-21-7-11-23(12-8-21)27(15-3-4-16-27)25(29)19-32-34(31)33-20-26(30)28(17-5-6-18-28)24-13-9-22(2)10-14-24/h7-14,34H,3-6,15-20H2,1-2H3. The van der Waals surface area contributed by atoms with Crippen molar-refractivity contribution in [2.75, 3.05) is 13.2 Å². The Balaban J connectivity index is 1.35. The first-order valence-corrected chi connectivity index (χ1v) is 13.6. The van der Waals surface area contributed by atoms with Crippen molar-refractivity contribution in [3.05, 3.63) is 70.8 Å². The predicted molar refractivity (Wildman–Crippen MR) is 134 cm³/mol. The summed E-state index contributed by atoms with van der Waals surface area (Å²) in [4.78, 5) is 26.4. The Bertz CT molecular complexity index is 946. The van der Waals surface area contributed by atoms with Crippen LogP contribution in [0.15, 0.2) is 48.5 Å². The SMILES string of the molecule is Cc1ccc(C2(C(=O)CO[PH](=O)OCC(=O)C3(c4ccc(C)cc4)CCCC3)CCCC2)cc1. The Hall–Kier alpha value is -2.07. The number of carbonyl (C=O) groups excluding carboxylic acids is 2. The number of Topliss-reactive ketones (excluding diaryl/α,β-unsaturated/α-hetero) is 2. The van der Waals surface area contributed by atoms with E-state index in [9.17, 15) is 14.2 Å². The van der Waals surface area contributed by atoms with Gasteiger partial charge in [-0.05, 0) is 50.7 Å². The molecule has 0 amide bonds. The molecule has 0 unspecified atom stereocenters. The van der Waals surface area contributed by atoms with Crippen LogP contribution in [0.5, 0.6) is 0 Å². The second kappa shape index (κ2) is 10.7. The Kier molecular flexibility index (Phi) is 7.87. The van der Waals surface area contributed by atoms with Crippen LogP contribution < -0.4 is 0 Å². The zero-order valence-corrected chi connectivity index (χ0v) is 21.2. The zero-order chi connectivity index (χ0) is 24.2. The van der Waals surface area contributed by atoms with Gasteiger partial charge in [-0.15, -0.1) is 0 Å². The smallest absolute Gasteiger partial charge is 0.303 e. The lowest BCUT2D eigenvalue weighted by Gasteiger charge is -2.28. The van der Waals surface area contributed by atoms with Crippen molar-refractivity contribution in [2.45, 2.75) is 76.0 Å². The van der Waals surface area contributed by atoms with Gasteiger partial charge in [0.25, 0.3) is 0 Å². The van der Waals surface area contributed by atoms with E-state index in [1.807, 2.05) is 62.4 Å². The van der Waals surface area contributed by atoms with Crippen LogP contribution in [-0.2, 0) is 34.0 Å². The number of rotatable bonds is 10. The fourth-order valence-electron chi connectivity index (χ4n) is 5.73. The fourth-order valence-corrected chi connectivity index (χ4v) is 6.31. The number of carbonyl (C=O) groups is 2. The second-order valence-electron chi connectivity index (χ2n) is 9.98. The molecule has 0 radical (unpaired) electrons. The largest absolute Gasteiger partial charge is 0.319 e. The number of benzene rings is 2. The van der Waals surface area contributed by atoms with Gasteiger partial charge in [0, 0.05) is 0 Å². The molecule has 2 aliphatic rings. The minimum atomic E-state index is -2.96. The van der Waals surface area contributed by atoms with Crippen molar-refractivity contribution in [2.24, 2.45) is 0 Å². The zero-order valence-electron chi connectivity index (χ0n) is 20.2. The van der Waals surface area contributed by atoms with E-state index >= 15 is 0 Å². The molecule has 34 heavy (non-hydrogen) atoms. The molecule has 5 nitrogen and oxygen atoms in total. The molecule has 0 bridgehead atoms. The average molecular weight is 483 g/mol. The topological polar surface area (TPSA) is 69.7 Å². The Labute approximate surface area is 203 Å². The first-order chi connectivity index (χ1) is 16.4. The molecule has 4 rings (SSSR count). The van der Waals surface area contributed by atoms with Crippen LogP contribution in [0.25, 0.3) is 0 Å². The van der Waals surface area contributed by atoms with Gasteiger partial charge in [-0.1, -0.05) is 85.3 Å². The van der Waals surface area contributed by atoms with Crippen molar-refractivity contribution in [3.8, 4) is 0 Å². The van der Waals surface area contributed by atoms with Gasteiger partial charge in [-0.3, -0.25) is 14.2 Å². The monoisotopic (exact) mass is 482 g/mol. The number of hydrogen-bond acceptors (Lipinski definition) is 5. The Morgan fingerprint density at radius 3 is 1.32 bits per heavy atom. The van der Waals surface area contributed by atoms with E-state index in [4.69, 9.17) is 9.05 Å². The molecule has 2 saturated carbocycles. The summed E-state index contributed by atoms with van der Waals surface area (Å²) in [5.74, 6) is -0.122. The summed E-state index contributed by atoms with van der Waals surface area (Å²) in [6.45, 7) is 3.52. The maximum Gasteiger partial charge on any atom is 0.319 e. The molecule has 6 heteroatoms. The molecule has 0 N–H and O–H groups in total. The summed E-state index contributed by atoms with van der Waals surface area (Å²) in [7, 11) is -2.96. The average Bonchev–Trinajstić information content (AvgIpc) is 3.53. The van der Waals surface area contributed by atoms with Crippen LogP contribution >= 0.6 is 8.25 Å². The minimum absolute atomic E-state index is 0.0611. The summed E-state index contributed by atoms with van der Waals surface area (Å²) in [6.07, 6.45) is 7.05. The molecule has 2 aromatic rings. The highest BCUT2D eigenvalue weighted by Crippen LogP contribution is 2.44. The highest BCUT2D eigenvalue weighted by molar-refractivity contribution is 7.33. The number of ketones is 2. The van der Waals surface area contributed by atoms with Crippen LogP contribution in [0.4, 0.5) is 0 Å². The molecular formula is C28H35O5P. The lowest BCUT2D eigenvalue weighted by atomic mass is 9.75. The van der Waals surface area contributed by atoms with E-state index in [1.165, 1.54) is 0 Å². The summed E-state index contributed by atoms with van der Waals surface area (Å²) in [6, 6.07) is 16.2. The molecule has 0 spiro atoms. The fraction of sp³-hybridized carbons (Fsp3) is 0.500. The summed E-state index contributed by atoms with van der Waals surface area (Å²) in [5, 5.41) is 0. The first-order valence-electron chi connectivity index (χ1n) is 12.4. The van der Waals surface area contributed by atoms with Crippen molar-refractivity contribution in [1.29, 1.82) is 0 Å². The van der Waals surface area contributed by atoms with Crippen molar-refractivity contribution >= 4 is 19.8 Å². The maximum absolute atomic E-state index is 13.2. The molecule has 0 aliphatic heterocycles. The van der Waals surface area contributed by atoms with Gasteiger partial charge in [-0.25, -0.2) is 0 Å². The van der Waals surface area contributed by atoms with E-state index in [2.05, 4.69) is 0 Å². The molecule has 2 aliphatic carbocycles. The third-order valence-corrected chi connectivity index (χ3v) is 8.59. The molecule has 2 aromatic carbocycles. The number of hydrogen-bond donors (Lipinski definition) is 0. The molecular weight excluding hydrogens is 447 g/mol. The molecule has 182 valence electrons. The summed E-state index contributed by atoms with van der Waals surface area (Å²) < 4.78 is 23.2. The van der Waals surface area contributed by atoms with Crippen LogP contribution in [0.1, 0.15) is 73.6 Å². The first kappa shape index (κ1) is 25.0. The van der Waals surface area contributed by atoms with Crippen LogP contribution in [0, 0.1) is 13.8 Å². The van der Waals surface area contributed by atoms with E-state index in [0.29, 0.717) is 0 Å². The summed E-state index contributed by atoms with van der Waals surface area (Å²) >= 11 is 0. The van der Waals surface area contributed by atoms with Crippen molar-refractivity contribution < 1.29 is 23.2 Å². The lowest BCUT2D eigenvalue weighted by Crippen LogP contribution is -2.36. The summed E-state index contributed by atoms with van der Waals surface area (Å²) in [5.41, 5.74) is 3.14. The molecule has 0 heterocycles. The van der Waals surface area contributed by atoms with Gasteiger partial charge in [0.2, 0.25) is 0 Å². The normalized spacial score (nSPS) is 18.9. The minimum Gasteiger partial charge on any atom is -0.303 e. The lowest BCUT2D eigenvalue weighted by molar-refractivity contribution is -0.127. The molecule has 0 saturated heterocycles. The van der Waals surface area contributed by atoms with E-state index in [0.717, 1.165) is 73.6 Å². The van der Waals surface area contributed by atoms with E-state index in [-0.39, 0.29) is 24.8 Å². The van der Waals surface area contributed by atoms with Crippen molar-refractivity contribution in [1.82, 2.24) is 0 Å². The van der Waals surface area contributed by atoms with E-state index in [1.54, 1.807) is 0 Å². The molecule has 0 aromatic heterocycles. The Morgan fingerprint density at radius 2 is 1.00 bits per heavy atom. The maximum atomic E-state index is 13.2. The van der Waals surface area contributed by atoms with Crippen molar-refractivity contribution in [3.63, 3.8) is 0 Å². The van der Waals surface area contributed by atoms with Gasteiger partial charge >= 0.3 is 8.25 Å². The van der Waals surface area contributed by atoms with Gasteiger partial charge in [0.1, 0.15) is 13.2 Å². The third kappa shape index (κ3) is 5.12. The number of aryl methyl sites for hydroxylation is 2. The Morgan fingerprint density at radius 1 is 0.676 bits per heavy atom. The van der Waals surface area contributed by atoms with Gasteiger partial charge in [0.15, 0.2) is 11.6 Å². The molecule has 0 atom stereocenters. The van der Waals surface area contributed by atoms with Crippen LogP contribution in [0.2, 0.25) is 0 Å². The second-order valence-corrected chi connectivity index (χ2v) is 11.1. The van der Waals surface area contributed by atoms with E-state index < -0.39 is 19.1 Å². The van der Waals surface area contributed by atoms with Gasteiger partial charge in [0.05, 0.1) is 10.8 Å². The van der Waals surface area contributed by atoms with Gasteiger partial charge in [-0.2, -0.15) is 0 Å². The quantitative estimate of drug-likeness (QED) is 0.378. The molecule has 2 fully saturated rings. The predicted octanol–water partition coefficient (Wildman–Crippen LogP) is 6.19. The third-order valence-electron chi connectivity index (χ3n) is 7.83. The van der Waals surface area contributed by atoms with Crippen LogP contribution in [0.3, 0.4) is 0 Å². The van der Waals surface area contributed by atoms with Gasteiger partial charge < -0.3 is 9.05 Å². The van der Waals surface area contributed by atoms with Crippen LogP contribution in [-0.4, -0.2) is 24.8 Å². The highest BCUT2D eigenvalue weighted by atomic mass is 31.1.